The fourth-order valence-corrected chi connectivity index (χ4v) is 4.17. The van der Waals surface area contributed by atoms with Gasteiger partial charge in [-0.2, -0.15) is 0 Å². The van der Waals surface area contributed by atoms with Gasteiger partial charge in [-0.15, -0.1) is 11.3 Å². The van der Waals surface area contributed by atoms with Crippen LogP contribution in [-0.2, 0) is 11.4 Å². The maximum atomic E-state index is 11.4. The van der Waals surface area contributed by atoms with Gasteiger partial charge >= 0.3 is 0 Å². The Bertz CT molecular complexity index is 1200. The van der Waals surface area contributed by atoms with Crippen molar-refractivity contribution in [3.05, 3.63) is 88.9 Å². The molecule has 156 valence electrons. The van der Waals surface area contributed by atoms with Gasteiger partial charge in [0.2, 0.25) is 0 Å². The highest BCUT2D eigenvalue weighted by Gasteiger charge is 2.11. The molecule has 0 unspecified atom stereocenters. The number of thiazole rings is 1. The number of carboxylic acid groups (broad SMARTS) is 1. The van der Waals surface area contributed by atoms with Gasteiger partial charge in [-0.3, -0.25) is 0 Å². The normalized spacial score (nSPS) is 11.5. The van der Waals surface area contributed by atoms with E-state index >= 15 is 0 Å². The molecule has 1 aromatic heterocycles. The number of ether oxygens (including phenoxy) is 2. The number of fused-ring (bicyclic) bond motifs is 1. The number of hydrogen-bond acceptors (Lipinski definition) is 6. The molecule has 5 nitrogen and oxygen atoms in total. The van der Waals surface area contributed by atoms with Crippen molar-refractivity contribution in [2.45, 2.75) is 13.0 Å². The summed E-state index contributed by atoms with van der Waals surface area (Å²) in [6, 6.07) is 23.1. The van der Waals surface area contributed by atoms with Gasteiger partial charge in [0.1, 0.15) is 11.6 Å². The Hall–Kier alpha value is -3.64. The Balaban J connectivity index is 1.67. The van der Waals surface area contributed by atoms with Crippen LogP contribution in [0.2, 0.25) is 0 Å². The number of rotatable bonds is 8. The van der Waals surface area contributed by atoms with Crippen molar-refractivity contribution in [3.8, 4) is 11.5 Å². The largest absolute Gasteiger partial charge is 0.550 e. The summed E-state index contributed by atoms with van der Waals surface area (Å²) >= 11 is 1.46. The van der Waals surface area contributed by atoms with Crippen molar-refractivity contribution in [2.24, 2.45) is 0 Å². The molecule has 0 spiro atoms. The molecule has 1 heterocycles. The van der Waals surface area contributed by atoms with Crippen LogP contribution in [0.4, 0.5) is 0 Å². The first-order valence-corrected chi connectivity index (χ1v) is 10.5. The fourth-order valence-electron chi connectivity index (χ4n) is 3.19. The molecule has 0 saturated carbocycles. The van der Waals surface area contributed by atoms with Crippen LogP contribution in [-0.4, -0.2) is 18.1 Å². The molecule has 0 bridgehead atoms. The number of aliphatic carboxylic acids is 1. The van der Waals surface area contributed by atoms with E-state index in [-0.39, 0.29) is 6.42 Å². The van der Waals surface area contributed by atoms with Crippen molar-refractivity contribution in [2.75, 3.05) is 7.11 Å². The number of carboxylic acids is 1. The van der Waals surface area contributed by atoms with E-state index in [4.69, 9.17) is 9.47 Å². The molecule has 0 aliphatic rings. The average Bonchev–Trinajstić information content (AvgIpc) is 3.22. The minimum atomic E-state index is -1.15. The predicted molar refractivity (Wildman–Crippen MR) is 121 cm³/mol. The molecule has 0 aliphatic heterocycles. The summed E-state index contributed by atoms with van der Waals surface area (Å²) in [4.78, 5) is 16.0. The summed E-state index contributed by atoms with van der Waals surface area (Å²) in [5, 5.41) is 12.1. The molecule has 31 heavy (non-hydrogen) atoms. The lowest BCUT2D eigenvalue weighted by molar-refractivity contribution is -0.304. The molecule has 3 aromatic carbocycles. The summed E-state index contributed by atoms with van der Waals surface area (Å²) in [5.74, 6) is 0.0336. The monoisotopic (exact) mass is 430 g/mol. The molecule has 6 heteroatoms. The molecule has 4 rings (SSSR count). The highest BCUT2D eigenvalue weighted by atomic mass is 32.1. The van der Waals surface area contributed by atoms with Crippen LogP contribution in [0.1, 0.15) is 22.6 Å². The van der Waals surface area contributed by atoms with E-state index in [1.54, 1.807) is 13.2 Å². The average molecular weight is 431 g/mol. The second-order valence-corrected chi connectivity index (χ2v) is 7.92. The second-order valence-electron chi connectivity index (χ2n) is 6.89. The van der Waals surface area contributed by atoms with Gasteiger partial charge in [0, 0.05) is 12.4 Å². The van der Waals surface area contributed by atoms with E-state index in [0.717, 1.165) is 21.3 Å². The first-order valence-electron chi connectivity index (χ1n) is 9.73. The lowest BCUT2D eigenvalue weighted by Crippen LogP contribution is -2.22. The Morgan fingerprint density at radius 1 is 1.03 bits per heavy atom. The molecule has 0 aliphatic carbocycles. The smallest absolute Gasteiger partial charge is 0.162 e. The molecule has 4 aromatic rings. The van der Waals surface area contributed by atoms with Crippen LogP contribution in [0.25, 0.3) is 21.9 Å². The minimum absolute atomic E-state index is 0.230. The SMILES string of the molecule is COc1ccc(/C=C(/CC(=O)[O-])c2nc3ccccc3s2)cc1OCc1ccccc1. The zero-order valence-electron chi connectivity index (χ0n) is 16.9. The Morgan fingerprint density at radius 3 is 2.55 bits per heavy atom. The van der Waals surface area contributed by atoms with E-state index < -0.39 is 5.97 Å². The Morgan fingerprint density at radius 2 is 1.81 bits per heavy atom. The second kappa shape index (κ2) is 9.45. The molecular weight excluding hydrogens is 410 g/mol. The third-order valence-corrected chi connectivity index (χ3v) is 5.78. The first kappa shape index (κ1) is 20.6. The van der Waals surface area contributed by atoms with Crippen LogP contribution in [0.5, 0.6) is 11.5 Å². The van der Waals surface area contributed by atoms with Crippen molar-refractivity contribution in [1.82, 2.24) is 4.98 Å². The van der Waals surface area contributed by atoms with Gasteiger partial charge in [0.25, 0.3) is 0 Å². The summed E-state index contributed by atoms with van der Waals surface area (Å²) in [5.41, 5.74) is 3.26. The zero-order chi connectivity index (χ0) is 21.6. The Labute approximate surface area is 184 Å². The summed E-state index contributed by atoms with van der Waals surface area (Å²) in [6.45, 7) is 0.397. The number of methoxy groups -OCH3 is 1. The van der Waals surface area contributed by atoms with E-state index in [1.807, 2.05) is 72.8 Å². The van der Waals surface area contributed by atoms with Crippen LogP contribution >= 0.6 is 11.3 Å². The van der Waals surface area contributed by atoms with Gasteiger partial charge < -0.3 is 19.4 Å². The van der Waals surface area contributed by atoms with Gasteiger partial charge in [-0.1, -0.05) is 48.5 Å². The predicted octanol–water partition coefficient (Wildman–Crippen LogP) is 4.56. The number of hydrogen-bond donors (Lipinski definition) is 0. The number of nitrogens with zero attached hydrogens (tertiary/aromatic N) is 1. The maximum absolute atomic E-state index is 11.4. The van der Waals surface area contributed by atoms with Crippen molar-refractivity contribution in [3.63, 3.8) is 0 Å². The van der Waals surface area contributed by atoms with E-state index in [9.17, 15) is 9.90 Å². The number of carbonyl (C=O) groups is 1. The lowest BCUT2D eigenvalue weighted by atomic mass is 10.1. The zero-order valence-corrected chi connectivity index (χ0v) is 17.7. The highest BCUT2D eigenvalue weighted by molar-refractivity contribution is 7.19. The van der Waals surface area contributed by atoms with Gasteiger partial charge in [0.05, 0.1) is 17.3 Å². The van der Waals surface area contributed by atoms with E-state index in [2.05, 4.69) is 4.98 Å². The first-order chi connectivity index (χ1) is 15.1. The molecule has 0 fully saturated rings. The standard InChI is InChI=1S/C25H21NO4S/c1-29-21-12-11-18(14-22(21)30-16-17-7-3-2-4-8-17)13-19(15-24(27)28)25-26-20-9-5-6-10-23(20)31-25/h2-14H,15-16H2,1H3,(H,27,28)/p-1/b19-13-. The third kappa shape index (κ3) is 5.10. The number of para-hydroxylation sites is 1. The topological polar surface area (TPSA) is 71.5 Å². The minimum Gasteiger partial charge on any atom is -0.550 e. The highest BCUT2D eigenvalue weighted by Crippen LogP contribution is 2.33. The molecule has 0 N–H and O–H groups in total. The molecule has 0 atom stereocenters. The molecule has 0 saturated heterocycles. The van der Waals surface area contributed by atoms with Crippen LogP contribution in [0.15, 0.2) is 72.8 Å². The lowest BCUT2D eigenvalue weighted by Gasteiger charge is -2.12. The summed E-state index contributed by atoms with van der Waals surface area (Å²) < 4.78 is 12.4. The van der Waals surface area contributed by atoms with Crippen molar-refractivity contribution >= 4 is 39.2 Å². The molecular formula is C25H20NO4S-. The summed E-state index contributed by atoms with van der Waals surface area (Å²) in [6.07, 6.45) is 1.58. The summed E-state index contributed by atoms with van der Waals surface area (Å²) in [7, 11) is 1.59. The van der Waals surface area contributed by atoms with Crippen LogP contribution < -0.4 is 14.6 Å². The van der Waals surface area contributed by atoms with E-state index in [0.29, 0.717) is 28.7 Å². The van der Waals surface area contributed by atoms with Crippen LogP contribution in [0, 0.1) is 0 Å². The number of benzene rings is 3. The van der Waals surface area contributed by atoms with Gasteiger partial charge in [0.15, 0.2) is 11.5 Å². The van der Waals surface area contributed by atoms with Crippen molar-refractivity contribution in [1.29, 1.82) is 0 Å². The Kier molecular flexibility index (Phi) is 6.29. The molecule has 0 amide bonds. The number of carbonyl (C=O) groups excluding carboxylic acids is 1. The van der Waals surface area contributed by atoms with Crippen molar-refractivity contribution < 1.29 is 19.4 Å². The van der Waals surface area contributed by atoms with Gasteiger partial charge in [-0.25, -0.2) is 4.98 Å². The third-order valence-electron chi connectivity index (χ3n) is 4.67. The fraction of sp³-hybridized carbons (Fsp3) is 0.120. The van der Waals surface area contributed by atoms with Gasteiger partial charge in [-0.05, 0) is 47.0 Å². The van der Waals surface area contributed by atoms with Crippen LogP contribution in [0.3, 0.4) is 0 Å². The number of aromatic nitrogens is 1. The maximum Gasteiger partial charge on any atom is 0.162 e. The van der Waals surface area contributed by atoms with E-state index in [1.165, 1.54) is 11.3 Å². The quantitative estimate of drug-likeness (QED) is 0.410. The molecule has 0 radical (unpaired) electrons.